The standard InChI is InChI=1S/C15H21FN2O2/c1-17-13-6-9-18(10-7-13)15(19)8-11-20-14-4-2-12(16)3-5-14/h2-5,13,17H,6-11H2,1H3. The first-order chi connectivity index (χ1) is 9.69. The van der Waals surface area contributed by atoms with Crippen LogP contribution in [0.4, 0.5) is 4.39 Å². The molecule has 1 aromatic carbocycles. The number of halogens is 1. The second-order valence-electron chi connectivity index (χ2n) is 5.00. The molecular weight excluding hydrogens is 259 g/mol. The van der Waals surface area contributed by atoms with E-state index in [1.807, 2.05) is 11.9 Å². The van der Waals surface area contributed by atoms with Crippen molar-refractivity contribution in [3.63, 3.8) is 0 Å². The Morgan fingerprint density at radius 2 is 2.00 bits per heavy atom. The Balaban J connectivity index is 1.69. The Bertz CT molecular complexity index is 428. The first kappa shape index (κ1) is 14.8. The number of amides is 1. The number of rotatable bonds is 5. The van der Waals surface area contributed by atoms with Crippen LogP contribution in [0, 0.1) is 5.82 Å². The number of ether oxygens (including phenoxy) is 1. The van der Waals surface area contributed by atoms with Gasteiger partial charge in [0.15, 0.2) is 0 Å². The van der Waals surface area contributed by atoms with E-state index in [1.165, 1.54) is 12.1 Å². The molecule has 0 atom stereocenters. The van der Waals surface area contributed by atoms with Gasteiger partial charge in [-0.3, -0.25) is 4.79 Å². The van der Waals surface area contributed by atoms with Crippen LogP contribution in [0.5, 0.6) is 5.75 Å². The van der Waals surface area contributed by atoms with Crippen LogP contribution in [0.25, 0.3) is 0 Å². The number of hydrogen-bond donors (Lipinski definition) is 1. The van der Waals surface area contributed by atoms with E-state index in [1.54, 1.807) is 12.1 Å². The van der Waals surface area contributed by atoms with Gasteiger partial charge in [0, 0.05) is 19.1 Å². The molecule has 20 heavy (non-hydrogen) atoms. The minimum atomic E-state index is -0.291. The molecule has 1 saturated heterocycles. The molecule has 1 amide bonds. The first-order valence-electron chi connectivity index (χ1n) is 7.02. The van der Waals surface area contributed by atoms with Gasteiger partial charge in [0.1, 0.15) is 11.6 Å². The van der Waals surface area contributed by atoms with E-state index >= 15 is 0 Å². The third-order valence-electron chi connectivity index (χ3n) is 3.65. The number of carbonyl (C=O) groups excluding carboxylic acids is 1. The zero-order chi connectivity index (χ0) is 14.4. The quantitative estimate of drug-likeness (QED) is 0.894. The largest absolute Gasteiger partial charge is 0.493 e. The highest BCUT2D eigenvalue weighted by atomic mass is 19.1. The van der Waals surface area contributed by atoms with Crippen molar-refractivity contribution >= 4 is 5.91 Å². The lowest BCUT2D eigenvalue weighted by Crippen LogP contribution is -2.44. The minimum absolute atomic E-state index is 0.127. The van der Waals surface area contributed by atoms with Crippen molar-refractivity contribution in [3.8, 4) is 5.75 Å². The minimum Gasteiger partial charge on any atom is -0.493 e. The number of piperidine rings is 1. The summed E-state index contributed by atoms with van der Waals surface area (Å²) < 4.78 is 18.2. The predicted octanol–water partition coefficient (Wildman–Crippen LogP) is 1.80. The summed E-state index contributed by atoms with van der Waals surface area (Å²) in [7, 11) is 1.96. The van der Waals surface area contributed by atoms with Crippen molar-refractivity contribution in [3.05, 3.63) is 30.1 Å². The van der Waals surface area contributed by atoms with Gasteiger partial charge < -0.3 is 15.0 Å². The van der Waals surface area contributed by atoms with Crippen molar-refractivity contribution < 1.29 is 13.9 Å². The topological polar surface area (TPSA) is 41.6 Å². The molecule has 0 aliphatic carbocycles. The maximum atomic E-state index is 12.7. The van der Waals surface area contributed by atoms with Gasteiger partial charge in [-0.1, -0.05) is 0 Å². The van der Waals surface area contributed by atoms with Crippen molar-refractivity contribution in [2.45, 2.75) is 25.3 Å². The molecular formula is C15H21FN2O2. The predicted molar refractivity (Wildman–Crippen MR) is 75.2 cm³/mol. The Labute approximate surface area is 118 Å². The maximum absolute atomic E-state index is 12.7. The molecule has 1 aliphatic heterocycles. The molecule has 0 aromatic heterocycles. The second kappa shape index (κ2) is 7.24. The van der Waals surface area contributed by atoms with Crippen LogP contribution in [0.1, 0.15) is 19.3 Å². The van der Waals surface area contributed by atoms with Gasteiger partial charge in [-0.2, -0.15) is 0 Å². The molecule has 1 N–H and O–H groups in total. The Hall–Kier alpha value is -1.62. The number of benzene rings is 1. The van der Waals surface area contributed by atoms with Crippen molar-refractivity contribution in [2.24, 2.45) is 0 Å². The molecule has 4 nitrogen and oxygen atoms in total. The highest BCUT2D eigenvalue weighted by Crippen LogP contribution is 2.13. The number of carbonyl (C=O) groups is 1. The number of nitrogens with one attached hydrogen (secondary N) is 1. The summed E-state index contributed by atoms with van der Waals surface area (Å²) in [6.07, 6.45) is 2.36. The van der Waals surface area contributed by atoms with E-state index in [2.05, 4.69) is 5.32 Å². The van der Waals surface area contributed by atoms with Gasteiger partial charge in [0.2, 0.25) is 5.91 Å². The highest BCUT2D eigenvalue weighted by molar-refractivity contribution is 5.76. The van der Waals surface area contributed by atoms with Crippen LogP contribution in [-0.2, 0) is 4.79 Å². The van der Waals surface area contributed by atoms with E-state index in [9.17, 15) is 9.18 Å². The summed E-state index contributed by atoms with van der Waals surface area (Å²) >= 11 is 0. The number of likely N-dealkylation sites (tertiary alicyclic amines) is 1. The average molecular weight is 280 g/mol. The summed E-state index contributed by atoms with van der Waals surface area (Å²) in [4.78, 5) is 13.9. The zero-order valence-electron chi connectivity index (χ0n) is 11.8. The molecule has 1 aliphatic rings. The molecule has 2 rings (SSSR count). The smallest absolute Gasteiger partial charge is 0.225 e. The Morgan fingerprint density at radius 1 is 1.35 bits per heavy atom. The van der Waals surface area contributed by atoms with Gasteiger partial charge in [-0.05, 0) is 44.2 Å². The van der Waals surface area contributed by atoms with Gasteiger partial charge in [0.05, 0.1) is 13.0 Å². The van der Waals surface area contributed by atoms with E-state index in [0.29, 0.717) is 24.8 Å². The fourth-order valence-electron chi connectivity index (χ4n) is 2.36. The SMILES string of the molecule is CNC1CCN(C(=O)CCOc2ccc(F)cc2)CC1. The summed E-state index contributed by atoms with van der Waals surface area (Å²) in [5.74, 6) is 0.426. The molecule has 110 valence electrons. The summed E-state index contributed by atoms with van der Waals surface area (Å²) in [5.41, 5.74) is 0. The Morgan fingerprint density at radius 3 is 2.60 bits per heavy atom. The van der Waals surface area contributed by atoms with E-state index in [-0.39, 0.29) is 11.7 Å². The van der Waals surface area contributed by atoms with Crippen LogP contribution in [0.3, 0.4) is 0 Å². The molecule has 0 spiro atoms. The number of nitrogens with zero attached hydrogens (tertiary/aromatic N) is 1. The summed E-state index contributed by atoms with van der Waals surface area (Å²) in [6.45, 7) is 1.94. The summed E-state index contributed by atoms with van der Waals surface area (Å²) in [6, 6.07) is 6.35. The van der Waals surface area contributed by atoms with Crippen LogP contribution in [0.2, 0.25) is 0 Å². The number of hydrogen-bond acceptors (Lipinski definition) is 3. The molecule has 1 aromatic rings. The van der Waals surface area contributed by atoms with Crippen molar-refractivity contribution in [2.75, 3.05) is 26.7 Å². The molecule has 5 heteroatoms. The lowest BCUT2D eigenvalue weighted by atomic mass is 10.1. The monoisotopic (exact) mass is 280 g/mol. The van der Waals surface area contributed by atoms with Crippen molar-refractivity contribution in [1.82, 2.24) is 10.2 Å². The maximum Gasteiger partial charge on any atom is 0.225 e. The average Bonchev–Trinajstić information content (AvgIpc) is 2.49. The van der Waals surface area contributed by atoms with Crippen molar-refractivity contribution in [1.29, 1.82) is 0 Å². The van der Waals surface area contributed by atoms with Gasteiger partial charge >= 0.3 is 0 Å². The first-order valence-corrected chi connectivity index (χ1v) is 7.02. The summed E-state index contributed by atoms with van der Waals surface area (Å²) in [5, 5.41) is 3.24. The van der Waals surface area contributed by atoms with Crippen LogP contribution >= 0.6 is 0 Å². The fraction of sp³-hybridized carbons (Fsp3) is 0.533. The van der Waals surface area contributed by atoms with Gasteiger partial charge in [0.25, 0.3) is 0 Å². The molecule has 1 heterocycles. The van der Waals surface area contributed by atoms with E-state index in [4.69, 9.17) is 4.74 Å². The van der Waals surface area contributed by atoms with E-state index in [0.717, 1.165) is 25.9 Å². The molecule has 0 unspecified atom stereocenters. The van der Waals surface area contributed by atoms with Gasteiger partial charge in [-0.15, -0.1) is 0 Å². The third kappa shape index (κ3) is 4.20. The van der Waals surface area contributed by atoms with Crippen LogP contribution in [-0.4, -0.2) is 43.6 Å². The van der Waals surface area contributed by atoms with Crippen LogP contribution < -0.4 is 10.1 Å². The molecule has 0 saturated carbocycles. The van der Waals surface area contributed by atoms with Crippen LogP contribution in [0.15, 0.2) is 24.3 Å². The van der Waals surface area contributed by atoms with E-state index < -0.39 is 0 Å². The van der Waals surface area contributed by atoms with Gasteiger partial charge in [-0.25, -0.2) is 4.39 Å². The lowest BCUT2D eigenvalue weighted by Gasteiger charge is -2.31. The fourth-order valence-corrected chi connectivity index (χ4v) is 2.36. The normalized spacial score (nSPS) is 16.2. The highest BCUT2D eigenvalue weighted by Gasteiger charge is 2.21. The molecule has 0 radical (unpaired) electrons. The lowest BCUT2D eigenvalue weighted by molar-refractivity contribution is -0.132. The molecule has 0 bridgehead atoms. The zero-order valence-corrected chi connectivity index (χ0v) is 11.8. The second-order valence-corrected chi connectivity index (χ2v) is 5.00. The third-order valence-corrected chi connectivity index (χ3v) is 3.65. The Kier molecular flexibility index (Phi) is 5.35. The molecule has 1 fully saturated rings.